The summed E-state index contributed by atoms with van der Waals surface area (Å²) in [4.78, 5) is 11.3. The van der Waals surface area contributed by atoms with E-state index >= 15 is 0 Å². The minimum atomic E-state index is -4.93. The summed E-state index contributed by atoms with van der Waals surface area (Å²) in [6, 6.07) is 3.64. The average molecular weight is 308 g/mol. The number of nitriles is 1. The molecule has 0 atom stereocenters. The predicted molar refractivity (Wildman–Crippen MR) is 63.2 cm³/mol. The standard InChI is InChI=1S/C12H9ClF3NO3/c1-2-19-10(18)5-7-3-4-9(20-12(14,15)16)8(6-17)11(7)13/h3-4H,2,5H2,1H3. The summed E-state index contributed by atoms with van der Waals surface area (Å²) in [6.07, 6.45) is -5.18. The fourth-order valence-corrected chi connectivity index (χ4v) is 1.68. The van der Waals surface area contributed by atoms with Crippen molar-refractivity contribution in [3.8, 4) is 11.8 Å². The summed E-state index contributed by atoms with van der Waals surface area (Å²) in [5.74, 6) is -1.31. The molecule has 20 heavy (non-hydrogen) atoms. The van der Waals surface area contributed by atoms with E-state index in [-0.39, 0.29) is 23.6 Å². The van der Waals surface area contributed by atoms with Crippen LogP contribution < -0.4 is 4.74 Å². The molecule has 0 bridgehead atoms. The van der Waals surface area contributed by atoms with E-state index in [1.807, 2.05) is 0 Å². The van der Waals surface area contributed by atoms with Crippen molar-refractivity contribution in [1.82, 2.24) is 0 Å². The van der Waals surface area contributed by atoms with Gasteiger partial charge in [-0.1, -0.05) is 17.7 Å². The Balaban J connectivity index is 3.09. The zero-order valence-electron chi connectivity index (χ0n) is 10.3. The van der Waals surface area contributed by atoms with Gasteiger partial charge in [-0.2, -0.15) is 5.26 Å². The first-order chi connectivity index (χ1) is 9.28. The van der Waals surface area contributed by atoms with Crippen molar-refractivity contribution in [3.63, 3.8) is 0 Å². The first kappa shape index (κ1) is 16.1. The Hall–Kier alpha value is -1.94. The highest BCUT2D eigenvalue weighted by atomic mass is 35.5. The summed E-state index contributed by atoms with van der Waals surface area (Å²) < 4.78 is 44.8. The predicted octanol–water partition coefficient (Wildman–Crippen LogP) is 3.22. The number of carbonyl (C=O) groups is 1. The summed E-state index contributed by atoms with van der Waals surface area (Å²) in [7, 11) is 0. The highest BCUT2D eigenvalue weighted by Gasteiger charge is 2.33. The maximum Gasteiger partial charge on any atom is 0.573 e. The largest absolute Gasteiger partial charge is 0.573 e. The van der Waals surface area contributed by atoms with Gasteiger partial charge in [0.05, 0.1) is 18.1 Å². The van der Waals surface area contributed by atoms with Crippen molar-refractivity contribution in [2.24, 2.45) is 0 Å². The SMILES string of the molecule is CCOC(=O)Cc1ccc(OC(F)(F)F)c(C#N)c1Cl. The fourth-order valence-electron chi connectivity index (χ4n) is 1.42. The maximum absolute atomic E-state index is 12.2. The molecule has 0 aliphatic rings. The van der Waals surface area contributed by atoms with Crippen LogP contribution in [0.1, 0.15) is 18.1 Å². The molecule has 0 fully saturated rings. The molecule has 0 N–H and O–H groups in total. The molecular weight excluding hydrogens is 299 g/mol. The van der Waals surface area contributed by atoms with Crippen LogP contribution in [0.25, 0.3) is 0 Å². The van der Waals surface area contributed by atoms with Gasteiger partial charge in [0.1, 0.15) is 17.4 Å². The Kier molecular flexibility index (Phi) is 5.22. The van der Waals surface area contributed by atoms with Gasteiger partial charge >= 0.3 is 12.3 Å². The van der Waals surface area contributed by atoms with Gasteiger partial charge in [-0.25, -0.2) is 0 Å². The highest BCUT2D eigenvalue weighted by Crippen LogP contribution is 2.33. The summed E-state index contributed by atoms with van der Waals surface area (Å²) in [6.45, 7) is 1.78. The molecule has 0 saturated heterocycles. The Morgan fingerprint density at radius 2 is 2.10 bits per heavy atom. The van der Waals surface area contributed by atoms with Crippen LogP contribution in [0, 0.1) is 11.3 Å². The van der Waals surface area contributed by atoms with E-state index in [1.54, 1.807) is 6.92 Å². The normalized spacial score (nSPS) is 10.8. The molecule has 0 spiro atoms. The number of esters is 1. The summed E-state index contributed by atoms with van der Waals surface area (Å²) in [5, 5.41) is 8.60. The van der Waals surface area contributed by atoms with Crippen molar-refractivity contribution in [1.29, 1.82) is 5.26 Å². The third-order valence-corrected chi connectivity index (χ3v) is 2.59. The van der Waals surface area contributed by atoms with E-state index in [0.717, 1.165) is 6.07 Å². The Labute approximate surface area is 117 Å². The number of nitrogens with zero attached hydrogens (tertiary/aromatic N) is 1. The van der Waals surface area contributed by atoms with Crippen LogP contribution in [0.3, 0.4) is 0 Å². The molecule has 0 saturated carbocycles. The number of benzene rings is 1. The topological polar surface area (TPSA) is 59.3 Å². The van der Waals surface area contributed by atoms with Gasteiger partial charge in [-0.15, -0.1) is 13.2 Å². The van der Waals surface area contributed by atoms with Gasteiger partial charge in [0.25, 0.3) is 0 Å². The van der Waals surface area contributed by atoms with Crippen LogP contribution in [0.2, 0.25) is 5.02 Å². The number of ether oxygens (including phenoxy) is 2. The molecule has 1 rings (SSSR count). The maximum atomic E-state index is 12.2. The minimum Gasteiger partial charge on any atom is -0.466 e. The van der Waals surface area contributed by atoms with Crippen LogP contribution in [0.4, 0.5) is 13.2 Å². The monoisotopic (exact) mass is 307 g/mol. The number of alkyl halides is 3. The lowest BCUT2D eigenvalue weighted by Gasteiger charge is -2.13. The van der Waals surface area contributed by atoms with Crippen molar-refractivity contribution < 1.29 is 27.4 Å². The minimum absolute atomic E-state index is 0.164. The molecule has 0 unspecified atom stereocenters. The average Bonchev–Trinajstić information content (AvgIpc) is 2.31. The van der Waals surface area contributed by atoms with Crippen molar-refractivity contribution in [3.05, 3.63) is 28.3 Å². The van der Waals surface area contributed by atoms with Gasteiger partial charge in [-0.05, 0) is 18.6 Å². The van der Waals surface area contributed by atoms with E-state index in [4.69, 9.17) is 21.6 Å². The molecule has 108 valence electrons. The lowest BCUT2D eigenvalue weighted by Crippen LogP contribution is -2.18. The van der Waals surface area contributed by atoms with E-state index in [1.165, 1.54) is 12.1 Å². The van der Waals surface area contributed by atoms with Crippen molar-refractivity contribution >= 4 is 17.6 Å². The Morgan fingerprint density at radius 3 is 2.60 bits per heavy atom. The highest BCUT2D eigenvalue weighted by molar-refractivity contribution is 6.32. The van der Waals surface area contributed by atoms with Gasteiger partial charge in [0, 0.05) is 0 Å². The Morgan fingerprint density at radius 1 is 1.45 bits per heavy atom. The molecule has 1 aromatic carbocycles. The second-order valence-corrected chi connectivity index (χ2v) is 3.93. The first-order valence-corrected chi connectivity index (χ1v) is 5.79. The first-order valence-electron chi connectivity index (χ1n) is 5.41. The quantitative estimate of drug-likeness (QED) is 0.801. The van der Waals surface area contributed by atoms with E-state index in [0.29, 0.717) is 0 Å². The molecule has 4 nitrogen and oxygen atoms in total. The zero-order chi connectivity index (χ0) is 15.3. The van der Waals surface area contributed by atoms with Crippen molar-refractivity contribution in [2.45, 2.75) is 19.7 Å². The van der Waals surface area contributed by atoms with E-state index in [9.17, 15) is 18.0 Å². The molecule has 1 aromatic rings. The second-order valence-electron chi connectivity index (χ2n) is 3.55. The molecule has 0 heterocycles. The molecular formula is C12H9ClF3NO3. The summed E-state index contributed by atoms with van der Waals surface area (Å²) in [5.41, 5.74) is -0.290. The number of hydrogen-bond acceptors (Lipinski definition) is 4. The van der Waals surface area contributed by atoms with Gasteiger partial charge in [-0.3, -0.25) is 4.79 Å². The molecule has 8 heteroatoms. The van der Waals surface area contributed by atoms with Crippen molar-refractivity contribution in [2.75, 3.05) is 6.61 Å². The molecule has 0 amide bonds. The van der Waals surface area contributed by atoms with Gasteiger partial charge in [0.15, 0.2) is 0 Å². The molecule has 0 aliphatic heterocycles. The molecule has 0 aliphatic carbocycles. The van der Waals surface area contributed by atoms with Crippen LogP contribution in [0.15, 0.2) is 12.1 Å². The van der Waals surface area contributed by atoms with E-state index < -0.39 is 23.6 Å². The fraction of sp³-hybridized carbons (Fsp3) is 0.333. The van der Waals surface area contributed by atoms with Crippen LogP contribution in [-0.4, -0.2) is 18.9 Å². The second kappa shape index (κ2) is 6.48. The smallest absolute Gasteiger partial charge is 0.466 e. The van der Waals surface area contributed by atoms with Crippen LogP contribution in [0.5, 0.6) is 5.75 Å². The van der Waals surface area contributed by atoms with Crippen LogP contribution >= 0.6 is 11.6 Å². The third-order valence-electron chi connectivity index (χ3n) is 2.16. The van der Waals surface area contributed by atoms with E-state index in [2.05, 4.69) is 4.74 Å². The molecule has 0 radical (unpaired) electrons. The zero-order valence-corrected chi connectivity index (χ0v) is 11.0. The number of rotatable bonds is 4. The lowest BCUT2D eigenvalue weighted by molar-refractivity contribution is -0.274. The molecule has 0 aromatic heterocycles. The number of halogens is 4. The van der Waals surface area contributed by atoms with Gasteiger partial charge < -0.3 is 9.47 Å². The number of hydrogen-bond donors (Lipinski definition) is 0. The van der Waals surface area contributed by atoms with Crippen LogP contribution in [-0.2, 0) is 16.0 Å². The lowest BCUT2D eigenvalue weighted by atomic mass is 10.1. The van der Waals surface area contributed by atoms with Gasteiger partial charge in [0.2, 0.25) is 0 Å². The number of carbonyl (C=O) groups excluding carboxylic acids is 1. The third kappa shape index (κ3) is 4.31. The summed E-state index contributed by atoms with van der Waals surface area (Å²) >= 11 is 5.81. The Bertz CT molecular complexity index is 552.